The Morgan fingerprint density at radius 3 is 2.71 bits per heavy atom. The second kappa shape index (κ2) is 10.6. The molecule has 7 heteroatoms. The summed E-state index contributed by atoms with van der Waals surface area (Å²) in [5, 5.41) is 7.29. The molecule has 2 rings (SSSR count). The number of nitrogens with one attached hydrogen (secondary N) is 1. The number of hydrogen-bond donors (Lipinski definition) is 1. The Kier molecular flexibility index (Phi) is 8.69. The molecule has 0 aromatic carbocycles. The van der Waals surface area contributed by atoms with Crippen LogP contribution in [0.2, 0.25) is 0 Å². The number of alkyl carbamates (subject to hydrolysis) is 1. The zero-order valence-electron chi connectivity index (χ0n) is 20.7. The van der Waals surface area contributed by atoms with Crippen molar-refractivity contribution in [3.63, 3.8) is 0 Å². The van der Waals surface area contributed by atoms with Crippen LogP contribution in [0, 0.1) is 5.92 Å². The van der Waals surface area contributed by atoms with E-state index in [1.807, 2.05) is 20.8 Å². The van der Waals surface area contributed by atoms with Gasteiger partial charge in [-0.1, -0.05) is 30.7 Å². The lowest BCUT2D eigenvalue weighted by molar-refractivity contribution is 0.0489. The van der Waals surface area contributed by atoms with Gasteiger partial charge in [-0.25, -0.2) is 4.79 Å². The van der Waals surface area contributed by atoms with Crippen molar-refractivity contribution in [1.29, 1.82) is 0 Å². The molecule has 1 N–H and O–H groups in total. The number of nitrogens with zero attached hydrogens (tertiary/aromatic N) is 3. The van der Waals surface area contributed by atoms with Gasteiger partial charge in [-0.05, 0) is 92.8 Å². The highest BCUT2D eigenvalue weighted by molar-refractivity contribution is 5.68. The zero-order valence-corrected chi connectivity index (χ0v) is 20.7. The Morgan fingerprint density at radius 2 is 2.10 bits per heavy atom. The normalized spacial score (nSPS) is 22.9. The van der Waals surface area contributed by atoms with E-state index in [4.69, 9.17) is 14.2 Å². The summed E-state index contributed by atoms with van der Waals surface area (Å²) in [6, 6.07) is -0.363. The first kappa shape index (κ1) is 25.4. The molecule has 1 aliphatic rings. The van der Waals surface area contributed by atoms with Crippen LogP contribution in [0.1, 0.15) is 97.8 Å². The van der Waals surface area contributed by atoms with Crippen molar-refractivity contribution in [2.45, 2.75) is 97.1 Å². The summed E-state index contributed by atoms with van der Waals surface area (Å²) in [6.07, 6.45) is 7.69. The molecule has 176 valence electrons. The van der Waals surface area contributed by atoms with Crippen molar-refractivity contribution in [3.05, 3.63) is 23.4 Å². The lowest BCUT2D eigenvalue weighted by Crippen LogP contribution is -2.35. The molecule has 0 saturated carbocycles. The average molecular weight is 435 g/mol. The fraction of sp³-hybridized carbons (Fsp3) is 0.792. The maximum atomic E-state index is 12.4. The van der Waals surface area contributed by atoms with Gasteiger partial charge in [0.05, 0.1) is 0 Å². The predicted molar refractivity (Wildman–Crippen MR) is 123 cm³/mol. The summed E-state index contributed by atoms with van der Waals surface area (Å²) in [6.45, 7) is 13.2. The van der Waals surface area contributed by atoms with Crippen LogP contribution in [0.3, 0.4) is 0 Å². The highest BCUT2D eigenvalue weighted by atomic mass is 16.6. The van der Waals surface area contributed by atoms with E-state index in [1.54, 1.807) is 0 Å². The molecule has 0 bridgehead atoms. The number of carbonyl (C=O) groups is 1. The highest BCUT2D eigenvalue weighted by Gasteiger charge is 2.36. The predicted octanol–water partition coefficient (Wildman–Crippen LogP) is 5.39. The van der Waals surface area contributed by atoms with E-state index in [1.165, 1.54) is 5.57 Å². The van der Waals surface area contributed by atoms with Gasteiger partial charge in [0.2, 0.25) is 5.89 Å². The first-order chi connectivity index (χ1) is 14.4. The molecule has 1 heterocycles. The SMILES string of the molecule is CCC1=CC(C)(c2noc([C@H](CCCCN(C)C)NC(=O)OC(C)(C)C)n2)CC(C)C1. The number of ether oxygens (including phenoxy) is 1. The number of allylic oxidation sites excluding steroid dienone is 2. The molecule has 0 saturated heterocycles. The third kappa shape index (κ3) is 7.95. The van der Waals surface area contributed by atoms with Crippen LogP contribution in [0.25, 0.3) is 0 Å². The lowest BCUT2D eigenvalue weighted by Gasteiger charge is -2.32. The molecular weight excluding hydrogens is 392 g/mol. The van der Waals surface area contributed by atoms with Crippen LogP contribution in [0.5, 0.6) is 0 Å². The van der Waals surface area contributed by atoms with Gasteiger partial charge in [0.1, 0.15) is 11.6 Å². The molecule has 3 atom stereocenters. The topological polar surface area (TPSA) is 80.5 Å². The van der Waals surface area contributed by atoms with Crippen LogP contribution < -0.4 is 5.32 Å². The lowest BCUT2D eigenvalue weighted by atomic mass is 9.72. The summed E-state index contributed by atoms with van der Waals surface area (Å²) in [5.74, 6) is 1.73. The first-order valence-corrected chi connectivity index (χ1v) is 11.6. The Morgan fingerprint density at radius 1 is 1.39 bits per heavy atom. The van der Waals surface area contributed by atoms with E-state index >= 15 is 0 Å². The summed E-state index contributed by atoms with van der Waals surface area (Å²) in [4.78, 5) is 19.4. The van der Waals surface area contributed by atoms with E-state index in [9.17, 15) is 4.79 Å². The summed E-state index contributed by atoms with van der Waals surface area (Å²) >= 11 is 0. The van der Waals surface area contributed by atoms with E-state index in [0.717, 1.165) is 45.1 Å². The summed E-state index contributed by atoms with van der Waals surface area (Å²) in [5.41, 5.74) is 0.637. The Bertz CT molecular complexity index is 750. The van der Waals surface area contributed by atoms with Crippen LogP contribution in [-0.4, -0.2) is 47.4 Å². The average Bonchev–Trinajstić information content (AvgIpc) is 3.12. The molecule has 2 unspecified atom stereocenters. The molecule has 7 nitrogen and oxygen atoms in total. The fourth-order valence-corrected chi connectivity index (χ4v) is 4.31. The molecule has 1 amide bonds. The van der Waals surface area contributed by atoms with E-state index in [2.05, 4.69) is 56.3 Å². The number of rotatable bonds is 9. The monoisotopic (exact) mass is 434 g/mol. The zero-order chi connectivity index (χ0) is 23.2. The first-order valence-electron chi connectivity index (χ1n) is 11.6. The minimum atomic E-state index is -0.563. The second-order valence-electron chi connectivity index (χ2n) is 10.5. The molecule has 1 aliphatic carbocycles. The molecule has 0 fully saturated rings. The minimum absolute atomic E-state index is 0.244. The fourth-order valence-electron chi connectivity index (χ4n) is 4.31. The van der Waals surface area contributed by atoms with Gasteiger partial charge < -0.3 is 19.5 Å². The van der Waals surface area contributed by atoms with Gasteiger partial charge in [0, 0.05) is 5.41 Å². The van der Waals surface area contributed by atoms with Gasteiger partial charge in [-0.15, -0.1) is 0 Å². The third-order valence-electron chi connectivity index (χ3n) is 5.65. The summed E-state index contributed by atoms with van der Waals surface area (Å²) in [7, 11) is 4.12. The van der Waals surface area contributed by atoms with E-state index in [-0.39, 0.29) is 11.5 Å². The Balaban J connectivity index is 2.19. The minimum Gasteiger partial charge on any atom is -0.444 e. The van der Waals surface area contributed by atoms with Gasteiger partial charge in [-0.3, -0.25) is 0 Å². The van der Waals surface area contributed by atoms with Crippen molar-refractivity contribution in [3.8, 4) is 0 Å². The van der Waals surface area contributed by atoms with Crippen molar-refractivity contribution in [2.24, 2.45) is 5.92 Å². The van der Waals surface area contributed by atoms with Gasteiger partial charge in [0.15, 0.2) is 5.82 Å². The summed E-state index contributed by atoms with van der Waals surface area (Å²) < 4.78 is 11.1. The smallest absolute Gasteiger partial charge is 0.408 e. The molecule has 0 spiro atoms. The van der Waals surface area contributed by atoms with E-state index in [0.29, 0.717) is 17.6 Å². The van der Waals surface area contributed by atoms with Crippen molar-refractivity contribution in [2.75, 3.05) is 20.6 Å². The molecule has 31 heavy (non-hydrogen) atoms. The van der Waals surface area contributed by atoms with Gasteiger partial charge in [0.25, 0.3) is 0 Å². The third-order valence-corrected chi connectivity index (χ3v) is 5.65. The molecule has 0 radical (unpaired) electrons. The standard InChI is InChI=1S/C24H42N4O3/c1-9-18-14-17(2)15-24(6,16-18)21-26-20(31-27-21)19(12-10-11-13-28(7)8)25-22(29)30-23(3,4)5/h16-17,19H,9-15H2,1-8H3,(H,25,29)/t17?,19-,24?/m0/s1. The molecule has 1 aromatic heterocycles. The largest absolute Gasteiger partial charge is 0.444 e. The number of unbranched alkanes of at least 4 members (excludes halogenated alkanes) is 1. The Hall–Kier alpha value is -1.89. The number of amides is 1. The van der Waals surface area contributed by atoms with Crippen LogP contribution in [0.15, 0.2) is 16.2 Å². The van der Waals surface area contributed by atoms with Crippen LogP contribution in [0.4, 0.5) is 4.79 Å². The van der Waals surface area contributed by atoms with E-state index < -0.39 is 11.7 Å². The number of aromatic nitrogens is 2. The number of hydrogen-bond acceptors (Lipinski definition) is 6. The molecule has 1 aromatic rings. The molecule has 0 aliphatic heterocycles. The quantitative estimate of drug-likeness (QED) is 0.414. The van der Waals surface area contributed by atoms with Crippen molar-refractivity contribution in [1.82, 2.24) is 20.4 Å². The van der Waals surface area contributed by atoms with Crippen molar-refractivity contribution < 1.29 is 14.1 Å². The highest BCUT2D eigenvalue weighted by Crippen LogP contribution is 2.40. The second-order valence-corrected chi connectivity index (χ2v) is 10.5. The van der Waals surface area contributed by atoms with Gasteiger partial charge in [-0.2, -0.15) is 4.98 Å². The maximum absolute atomic E-state index is 12.4. The maximum Gasteiger partial charge on any atom is 0.408 e. The van der Waals surface area contributed by atoms with Crippen molar-refractivity contribution >= 4 is 6.09 Å². The Labute approximate surface area is 188 Å². The van der Waals surface area contributed by atoms with Crippen LogP contribution >= 0.6 is 0 Å². The van der Waals surface area contributed by atoms with Gasteiger partial charge >= 0.3 is 6.09 Å². The molecular formula is C24H42N4O3. The number of carbonyl (C=O) groups excluding carboxylic acids is 1. The van der Waals surface area contributed by atoms with Crippen LogP contribution in [-0.2, 0) is 10.2 Å².